The van der Waals surface area contributed by atoms with Gasteiger partial charge in [0.25, 0.3) is 5.91 Å². The number of amides is 1. The summed E-state index contributed by atoms with van der Waals surface area (Å²) in [5, 5.41) is 0.608. The summed E-state index contributed by atoms with van der Waals surface area (Å²) in [6.45, 7) is 1.15. The number of benzene rings is 1. The van der Waals surface area contributed by atoms with Crippen LogP contribution in [0.5, 0.6) is 5.75 Å². The van der Waals surface area contributed by atoms with Crippen molar-refractivity contribution < 1.29 is 14.3 Å². The highest BCUT2D eigenvalue weighted by atomic mass is 35.5. The van der Waals surface area contributed by atoms with Gasteiger partial charge in [0.2, 0.25) is 0 Å². The summed E-state index contributed by atoms with van der Waals surface area (Å²) in [7, 11) is 1.62. The van der Waals surface area contributed by atoms with Crippen LogP contribution in [0.4, 0.5) is 5.13 Å². The number of aromatic nitrogens is 1. The second kappa shape index (κ2) is 7.93. The Morgan fingerprint density at radius 2 is 2.22 bits per heavy atom. The molecule has 1 aliphatic heterocycles. The molecule has 1 fully saturated rings. The van der Waals surface area contributed by atoms with Crippen molar-refractivity contribution in [1.29, 1.82) is 0 Å². The summed E-state index contributed by atoms with van der Waals surface area (Å²) in [4.78, 5) is 19.6. The van der Waals surface area contributed by atoms with E-state index in [4.69, 9.17) is 32.7 Å². The number of nitrogens with zero attached hydrogens (tertiary/aromatic N) is 2. The van der Waals surface area contributed by atoms with E-state index in [0.717, 1.165) is 35.4 Å². The van der Waals surface area contributed by atoms with Gasteiger partial charge >= 0.3 is 0 Å². The Morgan fingerprint density at radius 3 is 2.89 bits per heavy atom. The first-order valence-electron chi connectivity index (χ1n) is 8.38. The van der Waals surface area contributed by atoms with Gasteiger partial charge in [-0.3, -0.25) is 9.69 Å². The number of rotatable bonds is 5. The first kappa shape index (κ1) is 19.0. The molecular formula is C18H16Cl2N2O3S2. The quantitative estimate of drug-likeness (QED) is 0.523. The van der Waals surface area contributed by atoms with E-state index in [1.807, 2.05) is 18.2 Å². The van der Waals surface area contributed by atoms with E-state index >= 15 is 0 Å². The summed E-state index contributed by atoms with van der Waals surface area (Å²) < 4.78 is 12.8. The molecule has 0 radical (unpaired) electrons. The summed E-state index contributed by atoms with van der Waals surface area (Å²) in [6.07, 6.45) is 1.90. The molecule has 9 heteroatoms. The third-order valence-corrected chi connectivity index (χ3v) is 6.90. The minimum Gasteiger partial charge on any atom is -0.497 e. The van der Waals surface area contributed by atoms with Crippen molar-refractivity contribution >= 4 is 67.1 Å². The van der Waals surface area contributed by atoms with Crippen LogP contribution in [0.1, 0.15) is 23.2 Å². The third kappa shape index (κ3) is 3.93. The molecular weight excluding hydrogens is 427 g/mol. The normalized spacial score (nSPS) is 16.8. The highest BCUT2D eigenvalue weighted by Crippen LogP contribution is 2.36. The number of carbonyl (C=O) groups is 1. The minimum atomic E-state index is -0.218. The molecule has 0 saturated carbocycles. The van der Waals surface area contributed by atoms with Gasteiger partial charge in [-0.1, -0.05) is 34.5 Å². The molecule has 1 saturated heterocycles. The lowest BCUT2D eigenvalue weighted by Gasteiger charge is -2.22. The maximum absolute atomic E-state index is 13.2. The van der Waals surface area contributed by atoms with Gasteiger partial charge in [-0.15, -0.1) is 11.3 Å². The Hall–Kier alpha value is -1.38. The monoisotopic (exact) mass is 442 g/mol. The molecule has 142 valence electrons. The van der Waals surface area contributed by atoms with Crippen LogP contribution in [0, 0.1) is 0 Å². The number of hydrogen-bond donors (Lipinski definition) is 0. The largest absolute Gasteiger partial charge is 0.497 e. The number of hydrogen-bond acceptors (Lipinski definition) is 6. The first-order chi connectivity index (χ1) is 13.0. The number of thiophene rings is 1. The smallest absolute Gasteiger partial charge is 0.262 e. The second-order valence-electron chi connectivity index (χ2n) is 6.12. The molecule has 3 aromatic rings. The fraction of sp³-hybridized carbons (Fsp3) is 0.333. The Kier molecular flexibility index (Phi) is 5.57. The van der Waals surface area contributed by atoms with Gasteiger partial charge in [0.15, 0.2) is 5.13 Å². The lowest BCUT2D eigenvalue weighted by atomic mass is 10.2. The molecule has 1 aliphatic rings. The van der Waals surface area contributed by atoms with E-state index < -0.39 is 0 Å². The predicted molar refractivity (Wildman–Crippen MR) is 111 cm³/mol. The molecule has 27 heavy (non-hydrogen) atoms. The standard InChI is InChI=1S/C18H16Cl2N2O3S2/c1-24-10-4-5-14-13(7-10)21-18(26-14)22(9-11-3-2-6-25-11)17(23)12-8-15(19)27-16(12)20/h4-5,7-8,11H,2-3,6,9H2,1H3. The maximum atomic E-state index is 13.2. The van der Waals surface area contributed by atoms with Gasteiger partial charge in [-0.2, -0.15) is 0 Å². The summed E-state index contributed by atoms with van der Waals surface area (Å²) in [6, 6.07) is 7.29. The van der Waals surface area contributed by atoms with Gasteiger partial charge in [-0.25, -0.2) is 4.98 Å². The molecule has 2 aromatic heterocycles. The molecule has 0 spiro atoms. The summed E-state index contributed by atoms with van der Waals surface area (Å²) in [5.74, 6) is 0.508. The van der Waals surface area contributed by atoms with Gasteiger partial charge in [0, 0.05) is 12.7 Å². The molecule has 0 N–H and O–H groups in total. The lowest BCUT2D eigenvalue weighted by molar-refractivity contribution is 0.0918. The van der Waals surface area contributed by atoms with E-state index in [1.54, 1.807) is 18.1 Å². The van der Waals surface area contributed by atoms with Crippen molar-refractivity contribution in [3.05, 3.63) is 38.5 Å². The van der Waals surface area contributed by atoms with E-state index in [-0.39, 0.29) is 12.0 Å². The number of carbonyl (C=O) groups excluding carboxylic acids is 1. The van der Waals surface area contributed by atoms with Gasteiger partial charge in [0.1, 0.15) is 10.1 Å². The van der Waals surface area contributed by atoms with Crippen LogP contribution in [0.3, 0.4) is 0 Å². The van der Waals surface area contributed by atoms with Crippen LogP contribution in [-0.4, -0.2) is 37.3 Å². The number of ether oxygens (including phenoxy) is 2. The fourth-order valence-corrected chi connectivity index (χ4v) is 5.41. The molecule has 3 heterocycles. The van der Waals surface area contributed by atoms with Crippen LogP contribution < -0.4 is 9.64 Å². The van der Waals surface area contributed by atoms with Crippen molar-refractivity contribution in [3.63, 3.8) is 0 Å². The lowest BCUT2D eigenvalue weighted by Crippen LogP contribution is -2.37. The molecule has 1 atom stereocenters. The van der Waals surface area contributed by atoms with Gasteiger partial charge in [-0.05, 0) is 31.0 Å². The second-order valence-corrected chi connectivity index (χ2v) is 9.41. The molecule has 5 nitrogen and oxygen atoms in total. The van der Waals surface area contributed by atoms with Crippen LogP contribution in [-0.2, 0) is 4.74 Å². The zero-order chi connectivity index (χ0) is 19.0. The first-order valence-corrected chi connectivity index (χ1v) is 10.8. The van der Waals surface area contributed by atoms with Crippen molar-refractivity contribution in [1.82, 2.24) is 4.98 Å². The Bertz CT molecular complexity index is 982. The van der Waals surface area contributed by atoms with E-state index in [0.29, 0.717) is 25.9 Å². The average molecular weight is 443 g/mol. The molecule has 1 amide bonds. The SMILES string of the molecule is COc1ccc2sc(N(CC3CCCO3)C(=O)c3cc(Cl)sc3Cl)nc2c1. The van der Waals surface area contributed by atoms with E-state index in [1.165, 1.54) is 22.7 Å². The van der Waals surface area contributed by atoms with Crippen molar-refractivity contribution in [2.24, 2.45) is 0 Å². The molecule has 0 bridgehead atoms. The minimum absolute atomic E-state index is 0.0108. The number of fused-ring (bicyclic) bond motifs is 1. The zero-order valence-electron chi connectivity index (χ0n) is 14.4. The average Bonchev–Trinajstić information content (AvgIpc) is 3.37. The number of anilines is 1. The topological polar surface area (TPSA) is 51.7 Å². The van der Waals surface area contributed by atoms with Crippen LogP contribution in [0.25, 0.3) is 10.2 Å². The molecule has 1 aromatic carbocycles. The van der Waals surface area contributed by atoms with E-state index in [9.17, 15) is 4.79 Å². The summed E-state index contributed by atoms with van der Waals surface area (Å²) >= 11 is 14.9. The third-order valence-electron chi connectivity index (χ3n) is 4.36. The van der Waals surface area contributed by atoms with Gasteiger partial charge < -0.3 is 9.47 Å². The summed E-state index contributed by atoms with van der Waals surface area (Å²) in [5.41, 5.74) is 1.18. The highest BCUT2D eigenvalue weighted by Gasteiger charge is 2.29. The number of methoxy groups -OCH3 is 1. The molecule has 0 aliphatic carbocycles. The van der Waals surface area contributed by atoms with Crippen LogP contribution >= 0.6 is 45.9 Å². The molecule has 1 unspecified atom stereocenters. The van der Waals surface area contributed by atoms with Crippen molar-refractivity contribution in [3.8, 4) is 5.75 Å². The Balaban J connectivity index is 1.72. The van der Waals surface area contributed by atoms with Crippen LogP contribution in [0.2, 0.25) is 8.67 Å². The van der Waals surface area contributed by atoms with Crippen LogP contribution in [0.15, 0.2) is 24.3 Å². The Labute approximate surface area is 174 Å². The fourth-order valence-electron chi connectivity index (χ4n) is 3.01. The highest BCUT2D eigenvalue weighted by molar-refractivity contribution is 7.22. The predicted octanol–water partition coefficient (Wildman–Crippen LogP) is 5.50. The molecule has 4 rings (SSSR count). The van der Waals surface area contributed by atoms with Crippen molar-refractivity contribution in [2.45, 2.75) is 18.9 Å². The number of halogens is 2. The van der Waals surface area contributed by atoms with Crippen molar-refractivity contribution in [2.75, 3.05) is 25.2 Å². The zero-order valence-corrected chi connectivity index (χ0v) is 17.6. The van der Waals surface area contributed by atoms with E-state index in [2.05, 4.69) is 4.98 Å². The number of thiazole rings is 1. The van der Waals surface area contributed by atoms with Gasteiger partial charge in [0.05, 0.1) is 39.9 Å². The maximum Gasteiger partial charge on any atom is 0.262 e. The Morgan fingerprint density at radius 1 is 1.37 bits per heavy atom.